The van der Waals surface area contributed by atoms with Gasteiger partial charge in [0.05, 0.1) is 18.8 Å². The monoisotopic (exact) mass is 367 g/mol. The van der Waals surface area contributed by atoms with Crippen LogP contribution in [0.5, 0.6) is 5.75 Å². The lowest BCUT2D eigenvalue weighted by Crippen LogP contribution is -2.35. The predicted molar refractivity (Wildman–Crippen MR) is 91.1 cm³/mol. The molecule has 26 heavy (non-hydrogen) atoms. The van der Waals surface area contributed by atoms with Crippen molar-refractivity contribution in [1.29, 1.82) is 0 Å². The summed E-state index contributed by atoms with van der Waals surface area (Å²) in [7, 11) is 0. The summed E-state index contributed by atoms with van der Waals surface area (Å²) in [5.74, 6) is 1.50. The summed E-state index contributed by atoms with van der Waals surface area (Å²) >= 11 is 0. The van der Waals surface area contributed by atoms with E-state index < -0.39 is 12.7 Å². The van der Waals surface area contributed by atoms with Crippen LogP contribution in [0.4, 0.5) is 18.9 Å². The molecule has 3 atom stereocenters. The first-order valence-corrected chi connectivity index (χ1v) is 8.61. The van der Waals surface area contributed by atoms with Crippen LogP contribution in [-0.4, -0.2) is 48.2 Å². The van der Waals surface area contributed by atoms with E-state index in [4.69, 9.17) is 4.74 Å². The number of piperidine rings is 1. The van der Waals surface area contributed by atoms with Gasteiger partial charge in [0.1, 0.15) is 5.75 Å². The SMILES string of the molecule is CC(=O)Nc1c[nH]c2ccc(OC[C@H]3C4CN(CC(F)(F)F)C[C@@H]43)cc12. The van der Waals surface area contributed by atoms with E-state index in [0.29, 0.717) is 48.9 Å². The molecule has 0 bridgehead atoms. The minimum absolute atomic E-state index is 0.147. The summed E-state index contributed by atoms with van der Waals surface area (Å²) < 4.78 is 43.2. The smallest absolute Gasteiger partial charge is 0.401 e. The lowest BCUT2D eigenvalue weighted by molar-refractivity contribution is -0.145. The van der Waals surface area contributed by atoms with Gasteiger partial charge >= 0.3 is 6.18 Å². The number of H-pyrrole nitrogens is 1. The maximum atomic E-state index is 12.4. The number of carbonyl (C=O) groups excluding carboxylic acids is 1. The zero-order valence-electron chi connectivity index (χ0n) is 14.3. The van der Waals surface area contributed by atoms with Crippen LogP contribution >= 0.6 is 0 Å². The van der Waals surface area contributed by atoms with E-state index >= 15 is 0 Å². The highest BCUT2D eigenvalue weighted by molar-refractivity contribution is 6.01. The maximum Gasteiger partial charge on any atom is 0.401 e. The van der Waals surface area contributed by atoms with Gasteiger partial charge in [-0.3, -0.25) is 9.69 Å². The Labute approximate surface area is 148 Å². The zero-order valence-corrected chi connectivity index (χ0v) is 14.3. The summed E-state index contributed by atoms with van der Waals surface area (Å²) in [5.41, 5.74) is 1.59. The highest BCUT2D eigenvalue weighted by atomic mass is 19.4. The van der Waals surface area contributed by atoms with Gasteiger partial charge in [-0.2, -0.15) is 13.2 Å². The number of aromatic nitrogens is 1. The van der Waals surface area contributed by atoms with Crippen LogP contribution in [-0.2, 0) is 4.79 Å². The quantitative estimate of drug-likeness (QED) is 0.853. The standard InChI is InChI=1S/C18H20F3N3O2/c1-10(25)23-17-5-22-16-3-2-11(4-12(16)17)26-8-15-13-6-24(7-14(13)15)9-18(19,20)21/h2-5,13-15,22H,6-9H2,1H3,(H,23,25)/t13-,14?,15+/m0/s1. The molecule has 2 N–H and O–H groups in total. The number of anilines is 1. The average Bonchev–Trinajstić information content (AvgIpc) is 2.88. The molecule has 5 nitrogen and oxygen atoms in total. The third-order valence-corrected chi connectivity index (χ3v) is 5.26. The second kappa shape index (κ2) is 6.19. The van der Waals surface area contributed by atoms with Crippen LogP contribution in [0.2, 0.25) is 0 Å². The van der Waals surface area contributed by atoms with Gasteiger partial charge in [0, 0.05) is 43.0 Å². The fourth-order valence-corrected chi connectivity index (χ4v) is 4.04. The molecule has 2 heterocycles. The minimum atomic E-state index is -4.12. The fourth-order valence-electron chi connectivity index (χ4n) is 4.04. The minimum Gasteiger partial charge on any atom is -0.493 e. The Morgan fingerprint density at radius 3 is 2.73 bits per heavy atom. The Bertz CT molecular complexity index is 821. The normalized spacial score (nSPS) is 25.3. The maximum absolute atomic E-state index is 12.4. The van der Waals surface area contributed by atoms with Gasteiger partial charge in [-0.05, 0) is 30.0 Å². The molecule has 1 amide bonds. The number of likely N-dealkylation sites (tertiary alicyclic amines) is 1. The molecule has 0 spiro atoms. The van der Waals surface area contributed by atoms with Crippen molar-refractivity contribution in [3.63, 3.8) is 0 Å². The van der Waals surface area contributed by atoms with Crippen molar-refractivity contribution in [2.24, 2.45) is 17.8 Å². The molecule has 1 saturated carbocycles. The molecule has 140 valence electrons. The molecule has 8 heteroatoms. The molecular formula is C18H20F3N3O2. The molecule has 1 aliphatic heterocycles. The van der Waals surface area contributed by atoms with Crippen LogP contribution in [0.25, 0.3) is 10.9 Å². The summed E-state index contributed by atoms with van der Waals surface area (Å²) in [6.07, 6.45) is -2.39. The second-order valence-electron chi connectivity index (χ2n) is 7.20. The van der Waals surface area contributed by atoms with Gasteiger partial charge in [0.2, 0.25) is 5.91 Å². The van der Waals surface area contributed by atoms with Gasteiger partial charge in [-0.1, -0.05) is 0 Å². The Kier molecular flexibility index (Phi) is 4.10. The van der Waals surface area contributed by atoms with Gasteiger partial charge < -0.3 is 15.0 Å². The highest BCUT2D eigenvalue weighted by Crippen LogP contribution is 2.52. The Morgan fingerprint density at radius 2 is 2.08 bits per heavy atom. The van der Waals surface area contributed by atoms with Gasteiger partial charge in [0.25, 0.3) is 0 Å². The molecule has 1 unspecified atom stereocenters. The molecule has 2 aliphatic rings. The molecule has 0 radical (unpaired) electrons. The van der Waals surface area contributed by atoms with Crippen molar-refractivity contribution >= 4 is 22.5 Å². The number of fused-ring (bicyclic) bond motifs is 2. The van der Waals surface area contributed by atoms with Gasteiger partial charge in [0.15, 0.2) is 0 Å². The molecule has 2 fully saturated rings. The number of benzene rings is 1. The number of carbonyl (C=O) groups is 1. The van der Waals surface area contributed by atoms with Gasteiger partial charge in [-0.15, -0.1) is 0 Å². The number of aromatic amines is 1. The number of nitrogens with zero attached hydrogens (tertiary/aromatic N) is 1. The van der Waals surface area contributed by atoms with Crippen molar-refractivity contribution in [3.8, 4) is 5.75 Å². The van der Waals surface area contributed by atoms with Crippen LogP contribution in [0.3, 0.4) is 0 Å². The van der Waals surface area contributed by atoms with E-state index in [-0.39, 0.29) is 5.91 Å². The van der Waals surface area contributed by atoms with E-state index in [1.807, 2.05) is 18.2 Å². The molecule has 1 aliphatic carbocycles. The van der Waals surface area contributed by atoms with E-state index in [2.05, 4.69) is 10.3 Å². The number of amides is 1. The summed E-state index contributed by atoms with van der Waals surface area (Å²) in [6, 6.07) is 5.60. The molecule has 1 aromatic carbocycles. The predicted octanol–water partition coefficient (Wildman–Crippen LogP) is 3.25. The number of alkyl halides is 3. The summed E-state index contributed by atoms with van der Waals surface area (Å²) in [4.78, 5) is 15.8. The van der Waals surface area contributed by atoms with Crippen molar-refractivity contribution in [2.45, 2.75) is 13.1 Å². The van der Waals surface area contributed by atoms with Gasteiger partial charge in [-0.25, -0.2) is 0 Å². The number of rotatable bonds is 5. The lowest BCUT2D eigenvalue weighted by Gasteiger charge is -2.20. The zero-order chi connectivity index (χ0) is 18.5. The van der Waals surface area contributed by atoms with E-state index in [0.717, 1.165) is 10.9 Å². The number of nitrogens with one attached hydrogen (secondary N) is 2. The molecule has 2 aromatic rings. The van der Waals surface area contributed by atoms with Crippen molar-refractivity contribution in [3.05, 3.63) is 24.4 Å². The highest BCUT2D eigenvalue weighted by Gasteiger charge is 2.56. The third-order valence-electron chi connectivity index (χ3n) is 5.26. The Balaban J connectivity index is 1.33. The topological polar surface area (TPSA) is 57.4 Å². The number of halogens is 3. The van der Waals surface area contributed by atoms with Crippen LogP contribution in [0.1, 0.15) is 6.92 Å². The summed E-state index contributed by atoms with van der Waals surface area (Å²) in [6.45, 7) is 2.15. The number of hydrogen-bond donors (Lipinski definition) is 2. The van der Waals surface area contributed by atoms with E-state index in [1.165, 1.54) is 11.8 Å². The average molecular weight is 367 g/mol. The van der Waals surface area contributed by atoms with Crippen molar-refractivity contribution in [1.82, 2.24) is 9.88 Å². The largest absolute Gasteiger partial charge is 0.493 e. The van der Waals surface area contributed by atoms with Crippen molar-refractivity contribution in [2.75, 3.05) is 31.6 Å². The molecule has 4 rings (SSSR count). The van der Waals surface area contributed by atoms with Crippen molar-refractivity contribution < 1.29 is 22.7 Å². The first-order chi connectivity index (χ1) is 12.3. The van der Waals surface area contributed by atoms with E-state index in [1.54, 1.807) is 6.20 Å². The van der Waals surface area contributed by atoms with Crippen LogP contribution in [0.15, 0.2) is 24.4 Å². The third kappa shape index (κ3) is 3.51. The summed E-state index contributed by atoms with van der Waals surface area (Å²) in [5, 5.41) is 3.63. The Morgan fingerprint density at radius 1 is 1.35 bits per heavy atom. The fraction of sp³-hybridized carbons (Fsp3) is 0.500. The number of hydrogen-bond acceptors (Lipinski definition) is 3. The second-order valence-corrected chi connectivity index (χ2v) is 7.20. The first kappa shape index (κ1) is 17.2. The molecular weight excluding hydrogens is 347 g/mol. The Hall–Kier alpha value is -2.22. The lowest BCUT2D eigenvalue weighted by atomic mass is 10.2. The first-order valence-electron chi connectivity index (χ1n) is 8.61. The van der Waals surface area contributed by atoms with Crippen LogP contribution in [0, 0.1) is 17.8 Å². The molecule has 1 aromatic heterocycles. The van der Waals surface area contributed by atoms with Crippen LogP contribution < -0.4 is 10.1 Å². The van der Waals surface area contributed by atoms with E-state index in [9.17, 15) is 18.0 Å². The number of ether oxygens (including phenoxy) is 1. The molecule has 1 saturated heterocycles.